The molecule has 1 aromatic heterocycles. The molecule has 0 amide bonds. The zero-order valence-corrected chi connectivity index (χ0v) is 13.6. The quantitative estimate of drug-likeness (QED) is 0.354. The molecular formula is C17H8F3N3O2S. The topological polar surface area (TPSA) is 79.8 Å². The number of nitro groups is 1. The second-order valence-electron chi connectivity index (χ2n) is 5.19. The first-order chi connectivity index (χ1) is 12.3. The molecule has 0 aliphatic rings. The molecule has 130 valence electrons. The molecule has 0 atom stereocenters. The van der Waals surface area contributed by atoms with E-state index in [1.54, 1.807) is 6.07 Å². The lowest BCUT2D eigenvalue weighted by atomic mass is 10.1. The summed E-state index contributed by atoms with van der Waals surface area (Å²) in [5.74, 6) is 0. The Labute approximate surface area is 148 Å². The summed E-state index contributed by atoms with van der Waals surface area (Å²) in [6, 6.07) is 10.9. The molecule has 0 aliphatic carbocycles. The minimum atomic E-state index is -4.49. The van der Waals surface area contributed by atoms with Gasteiger partial charge in [0.15, 0.2) is 0 Å². The third kappa shape index (κ3) is 3.41. The van der Waals surface area contributed by atoms with Crippen LogP contribution in [0.3, 0.4) is 0 Å². The number of nitrogens with zero attached hydrogens (tertiary/aromatic N) is 3. The number of benzene rings is 2. The number of nitro benzene ring substituents is 1. The number of halogens is 3. The van der Waals surface area contributed by atoms with Crippen LogP contribution in [0.5, 0.6) is 0 Å². The van der Waals surface area contributed by atoms with Gasteiger partial charge in [-0.25, -0.2) is 4.98 Å². The van der Waals surface area contributed by atoms with Crippen LogP contribution in [0.25, 0.3) is 21.9 Å². The van der Waals surface area contributed by atoms with Crippen molar-refractivity contribution in [2.45, 2.75) is 6.18 Å². The van der Waals surface area contributed by atoms with Crippen LogP contribution in [-0.4, -0.2) is 9.91 Å². The molecule has 0 saturated heterocycles. The fraction of sp³-hybridized carbons (Fsp3) is 0.0588. The Hall–Kier alpha value is -3.25. The van der Waals surface area contributed by atoms with Gasteiger partial charge in [-0.3, -0.25) is 10.1 Å². The van der Waals surface area contributed by atoms with E-state index >= 15 is 0 Å². The summed E-state index contributed by atoms with van der Waals surface area (Å²) >= 11 is 1.04. The predicted octanol–water partition coefficient (Wildman–Crippen LogP) is 5.29. The van der Waals surface area contributed by atoms with Gasteiger partial charge in [-0.15, -0.1) is 11.3 Å². The zero-order chi connectivity index (χ0) is 18.9. The number of nitriles is 1. The van der Waals surface area contributed by atoms with Crippen LogP contribution in [0.2, 0.25) is 0 Å². The van der Waals surface area contributed by atoms with Crippen LogP contribution in [0.15, 0.2) is 42.5 Å². The van der Waals surface area contributed by atoms with Crippen LogP contribution in [0.4, 0.5) is 18.9 Å². The first-order valence-corrected chi connectivity index (χ1v) is 7.94. The Morgan fingerprint density at radius 1 is 1.27 bits per heavy atom. The number of aromatic nitrogens is 1. The first-order valence-electron chi connectivity index (χ1n) is 7.13. The largest absolute Gasteiger partial charge is 0.416 e. The number of hydrogen-bond donors (Lipinski definition) is 0. The van der Waals surface area contributed by atoms with E-state index in [2.05, 4.69) is 4.98 Å². The second kappa shape index (κ2) is 6.57. The first kappa shape index (κ1) is 17.6. The third-order valence-corrected chi connectivity index (χ3v) is 4.57. The summed E-state index contributed by atoms with van der Waals surface area (Å²) in [5, 5.41) is 20.6. The number of para-hydroxylation sites is 1. The molecule has 3 aromatic rings. The number of hydrogen-bond acceptors (Lipinski definition) is 5. The summed E-state index contributed by atoms with van der Waals surface area (Å²) in [5.41, 5.74) is -0.648. The van der Waals surface area contributed by atoms with Crippen molar-refractivity contribution < 1.29 is 18.1 Å². The van der Waals surface area contributed by atoms with Gasteiger partial charge >= 0.3 is 6.18 Å². The van der Waals surface area contributed by atoms with Crippen molar-refractivity contribution in [2.75, 3.05) is 0 Å². The number of allylic oxidation sites excluding steroid dienone is 1. The Kier molecular flexibility index (Phi) is 4.44. The molecule has 0 radical (unpaired) electrons. The van der Waals surface area contributed by atoms with Gasteiger partial charge in [0.1, 0.15) is 11.1 Å². The highest BCUT2D eigenvalue weighted by atomic mass is 32.1. The lowest BCUT2D eigenvalue weighted by Gasteiger charge is -2.04. The smallest absolute Gasteiger partial charge is 0.258 e. The fourth-order valence-electron chi connectivity index (χ4n) is 2.29. The number of rotatable bonds is 3. The van der Waals surface area contributed by atoms with Crippen molar-refractivity contribution in [2.24, 2.45) is 0 Å². The van der Waals surface area contributed by atoms with Crippen molar-refractivity contribution >= 4 is 38.9 Å². The van der Waals surface area contributed by atoms with Crippen molar-refractivity contribution in [1.29, 1.82) is 5.26 Å². The molecule has 0 N–H and O–H groups in total. The second-order valence-corrected chi connectivity index (χ2v) is 6.22. The van der Waals surface area contributed by atoms with E-state index in [1.807, 2.05) is 6.07 Å². The maximum atomic E-state index is 12.8. The molecule has 0 unspecified atom stereocenters. The van der Waals surface area contributed by atoms with Gasteiger partial charge in [-0.05, 0) is 30.3 Å². The number of fused-ring (bicyclic) bond motifs is 1. The van der Waals surface area contributed by atoms with E-state index < -0.39 is 16.7 Å². The summed E-state index contributed by atoms with van der Waals surface area (Å²) in [7, 11) is 0. The van der Waals surface area contributed by atoms with Gasteiger partial charge in [0.05, 0.1) is 31.8 Å². The average Bonchev–Trinajstić information content (AvgIpc) is 3.02. The molecule has 5 nitrogen and oxygen atoms in total. The monoisotopic (exact) mass is 375 g/mol. The van der Waals surface area contributed by atoms with E-state index in [0.717, 1.165) is 23.5 Å². The molecule has 0 aliphatic heterocycles. The Morgan fingerprint density at radius 2 is 2.00 bits per heavy atom. The van der Waals surface area contributed by atoms with Crippen molar-refractivity contribution in [3.8, 4) is 6.07 Å². The van der Waals surface area contributed by atoms with Crippen LogP contribution in [0, 0.1) is 21.4 Å². The van der Waals surface area contributed by atoms with Gasteiger partial charge in [0.25, 0.3) is 5.69 Å². The lowest BCUT2D eigenvalue weighted by Crippen LogP contribution is -2.03. The molecule has 1 heterocycles. The summed E-state index contributed by atoms with van der Waals surface area (Å²) in [6.45, 7) is 0. The van der Waals surface area contributed by atoms with Gasteiger partial charge in [0, 0.05) is 6.07 Å². The van der Waals surface area contributed by atoms with E-state index in [-0.39, 0.29) is 27.3 Å². The Bertz CT molecular complexity index is 1080. The molecule has 0 bridgehead atoms. The Morgan fingerprint density at radius 3 is 2.65 bits per heavy atom. The number of thiazole rings is 1. The zero-order valence-electron chi connectivity index (χ0n) is 12.8. The molecule has 9 heteroatoms. The van der Waals surface area contributed by atoms with Gasteiger partial charge < -0.3 is 0 Å². The molecule has 0 fully saturated rings. The van der Waals surface area contributed by atoms with Crippen molar-refractivity contribution in [3.63, 3.8) is 0 Å². The van der Waals surface area contributed by atoms with Crippen LogP contribution in [0.1, 0.15) is 16.1 Å². The minimum Gasteiger partial charge on any atom is -0.258 e. The van der Waals surface area contributed by atoms with E-state index in [1.165, 1.54) is 30.3 Å². The molecule has 0 saturated carbocycles. The normalized spacial score (nSPS) is 12.2. The lowest BCUT2D eigenvalue weighted by molar-refractivity contribution is -0.385. The van der Waals surface area contributed by atoms with Crippen molar-refractivity contribution in [3.05, 3.63) is 68.7 Å². The average molecular weight is 375 g/mol. The minimum absolute atomic E-state index is 0.0362. The van der Waals surface area contributed by atoms with Crippen LogP contribution in [-0.2, 0) is 6.18 Å². The van der Waals surface area contributed by atoms with E-state index in [0.29, 0.717) is 4.70 Å². The molecule has 0 spiro atoms. The third-order valence-electron chi connectivity index (χ3n) is 3.50. The van der Waals surface area contributed by atoms with Crippen molar-refractivity contribution in [1.82, 2.24) is 4.98 Å². The highest BCUT2D eigenvalue weighted by Crippen LogP contribution is 2.35. The molecule has 3 rings (SSSR count). The summed E-state index contributed by atoms with van der Waals surface area (Å²) in [4.78, 5) is 14.6. The standard InChI is InChI=1S/C17H8F3N3O2S/c18-17(19,20)12-5-6-15-13(8-12)22-16(26-15)11(9-21)7-10-3-1-2-4-14(10)23(24)25/h1-8H. The van der Waals surface area contributed by atoms with Gasteiger partial charge in [0.2, 0.25) is 0 Å². The summed E-state index contributed by atoms with van der Waals surface area (Å²) < 4.78 is 38.9. The fourth-order valence-corrected chi connectivity index (χ4v) is 3.20. The molecular weight excluding hydrogens is 367 g/mol. The maximum absolute atomic E-state index is 12.8. The summed E-state index contributed by atoms with van der Waals surface area (Å²) in [6.07, 6.45) is -3.18. The number of alkyl halides is 3. The van der Waals surface area contributed by atoms with E-state index in [4.69, 9.17) is 0 Å². The molecule has 26 heavy (non-hydrogen) atoms. The predicted molar refractivity (Wildman–Crippen MR) is 91.2 cm³/mol. The SMILES string of the molecule is N#CC(=Cc1ccccc1[N+](=O)[O-])c1nc2cc(C(F)(F)F)ccc2s1. The highest BCUT2D eigenvalue weighted by Gasteiger charge is 2.30. The van der Waals surface area contributed by atoms with E-state index in [9.17, 15) is 28.5 Å². The van der Waals surface area contributed by atoms with Crippen LogP contribution >= 0.6 is 11.3 Å². The maximum Gasteiger partial charge on any atom is 0.416 e. The van der Waals surface area contributed by atoms with Crippen LogP contribution < -0.4 is 0 Å². The highest BCUT2D eigenvalue weighted by molar-refractivity contribution is 7.19. The van der Waals surface area contributed by atoms with Gasteiger partial charge in [-0.2, -0.15) is 18.4 Å². The molecule has 2 aromatic carbocycles. The Balaban J connectivity index is 2.09. The van der Waals surface area contributed by atoms with Gasteiger partial charge in [-0.1, -0.05) is 12.1 Å².